The summed E-state index contributed by atoms with van der Waals surface area (Å²) >= 11 is 9.55. The minimum absolute atomic E-state index is 0.0226. The van der Waals surface area contributed by atoms with Gasteiger partial charge in [0.1, 0.15) is 4.83 Å². The molecule has 3 aromatic rings. The third-order valence-electron chi connectivity index (χ3n) is 5.08. The van der Waals surface area contributed by atoms with Gasteiger partial charge in [0.25, 0.3) is 5.56 Å². The molecule has 3 heterocycles. The molecular weight excluding hydrogens is 424 g/mol. The van der Waals surface area contributed by atoms with E-state index in [1.807, 2.05) is 24.3 Å². The summed E-state index contributed by atoms with van der Waals surface area (Å²) in [6.07, 6.45) is 1.93. The van der Waals surface area contributed by atoms with Crippen molar-refractivity contribution < 1.29 is 0 Å². The molecule has 1 aromatic carbocycles. The zero-order valence-electron chi connectivity index (χ0n) is 16.9. The standard InChI is InChI=1S/C21H25ClN4OS2/c1-24(2)9-5-11-28-21-23-19-18(16-8-10-25(3)13-17(16)29-19)20(27)26(21)15-7-4-6-14(22)12-15/h4,6-7,12H,5,8-11,13H2,1-3H3. The number of aromatic nitrogens is 2. The van der Waals surface area contributed by atoms with E-state index in [0.29, 0.717) is 5.02 Å². The quantitative estimate of drug-likeness (QED) is 0.322. The summed E-state index contributed by atoms with van der Waals surface area (Å²) in [5.41, 5.74) is 1.98. The lowest BCUT2D eigenvalue weighted by atomic mass is 10.1. The number of thioether (sulfide) groups is 1. The van der Waals surface area contributed by atoms with Gasteiger partial charge in [-0.25, -0.2) is 4.98 Å². The van der Waals surface area contributed by atoms with Crippen molar-refractivity contribution in [2.45, 2.75) is 24.5 Å². The van der Waals surface area contributed by atoms with Gasteiger partial charge in [0.2, 0.25) is 0 Å². The molecule has 29 heavy (non-hydrogen) atoms. The number of likely N-dealkylation sites (N-methyl/N-ethyl adjacent to an activating group) is 1. The third kappa shape index (κ3) is 4.39. The van der Waals surface area contributed by atoms with Gasteiger partial charge in [-0.05, 0) is 64.3 Å². The summed E-state index contributed by atoms with van der Waals surface area (Å²) in [4.78, 5) is 25.2. The molecule has 0 fully saturated rings. The lowest BCUT2D eigenvalue weighted by molar-refractivity contribution is 0.318. The fourth-order valence-corrected chi connectivity index (χ4v) is 6.10. The van der Waals surface area contributed by atoms with Crippen LogP contribution in [0.1, 0.15) is 16.9 Å². The van der Waals surface area contributed by atoms with Crippen molar-refractivity contribution in [1.82, 2.24) is 19.4 Å². The highest BCUT2D eigenvalue weighted by Crippen LogP contribution is 2.34. The van der Waals surface area contributed by atoms with E-state index in [1.165, 1.54) is 10.4 Å². The molecule has 0 N–H and O–H groups in total. The van der Waals surface area contributed by atoms with E-state index >= 15 is 0 Å². The molecule has 0 atom stereocenters. The Balaban J connectivity index is 1.83. The highest BCUT2D eigenvalue weighted by molar-refractivity contribution is 7.99. The van der Waals surface area contributed by atoms with E-state index in [-0.39, 0.29) is 5.56 Å². The second kappa shape index (κ2) is 8.78. The average Bonchev–Trinajstić information content (AvgIpc) is 3.02. The van der Waals surface area contributed by atoms with Crippen LogP contribution in [0.15, 0.2) is 34.2 Å². The van der Waals surface area contributed by atoms with Crippen molar-refractivity contribution >= 4 is 44.9 Å². The fourth-order valence-electron chi connectivity index (χ4n) is 3.64. The summed E-state index contributed by atoms with van der Waals surface area (Å²) in [7, 11) is 6.27. The van der Waals surface area contributed by atoms with Crippen LogP contribution in [0.3, 0.4) is 0 Å². The molecule has 0 amide bonds. The van der Waals surface area contributed by atoms with Crippen LogP contribution in [0.4, 0.5) is 0 Å². The Kier molecular flexibility index (Phi) is 6.32. The average molecular weight is 449 g/mol. The summed E-state index contributed by atoms with van der Waals surface area (Å²) < 4.78 is 1.75. The van der Waals surface area contributed by atoms with Crippen molar-refractivity contribution in [3.8, 4) is 5.69 Å². The number of rotatable bonds is 6. The number of thiophene rings is 1. The molecule has 4 rings (SSSR count). The zero-order chi connectivity index (χ0) is 20.5. The van der Waals surface area contributed by atoms with Gasteiger partial charge in [0.15, 0.2) is 5.16 Å². The number of hydrogen-bond acceptors (Lipinski definition) is 6. The Hall–Kier alpha value is -1.38. The van der Waals surface area contributed by atoms with Gasteiger partial charge in [-0.1, -0.05) is 29.4 Å². The first-order chi connectivity index (χ1) is 13.9. The number of benzene rings is 1. The molecule has 5 nitrogen and oxygen atoms in total. The molecule has 8 heteroatoms. The van der Waals surface area contributed by atoms with Crippen LogP contribution in [-0.4, -0.2) is 59.3 Å². The maximum absolute atomic E-state index is 13.7. The first kappa shape index (κ1) is 20.9. The zero-order valence-corrected chi connectivity index (χ0v) is 19.3. The number of hydrogen-bond donors (Lipinski definition) is 0. The monoisotopic (exact) mass is 448 g/mol. The maximum atomic E-state index is 13.7. The molecule has 0 bridgehead atoms. The molecular formula is C21H25ClN4OS2. The molecule has 2 aromatic heterocycles. The van der Waals surface area contributed by atoms with Gasteiger partial charge >= 0.3 is 0 Å². The van der Waals surface area contributed by atoms with Gasteiger partial charge in [-0.3, -0.25) is 9.36 Å². The Bertz CT molecular complexity index is 1090. The smallest absolute Gasteiger partial charge is 0.267 e. The van der Waals surface area contributed by atoms with Gasteiger partial charge in [-0.2, -0.15) is 0 Å². The maximum Gasteiger partial charge on any atom is 0.267 e. The van der Waals surface area contributed by atoms with E-state index in [9.17, 15) is 4.79 Å². The predicted molar refractivity (Wildman–Crippen MR) is 124 cm³/mol. The van der Waals surface area contributed by atoms with Gasteiger partial charge in [0, 0.05) is 28.7 Å². The molecule has 154 valence electrons. The van der Waals surface area contributed by atoms with Crippen LogP contribution < -0.4 is 5.56 Å². The lowest BCUT2D eigenvalue weighted by Crippen LogP contribution is -2.27. The number of halogens is 1. The van der Waals surface area contributed by atoms with Crippen LogP contribution in [-0.2, 0) is 13.0 Å². The van der Waals surface area contributed by atoms with Crippen LogP contribution >= 0.6 is 34.7 Å². The minimum atomic E-state index is 0.0226. The third-order valence-corrected chi connectivity index (χ3v) is 7.45. The normalized spacial score (nSPS) is 14.7. The molecule has 1 aliphatic heterocycles. The van der Waals surface area contributed by atoms with Crippen LogP contribution in [0.25, 0.3) is 15.9 Å². The first-order valence-electron chi connectivity index (χ1n) is 9.73. The molecule has 0 spiro atoms. The van der Waals surface area contributed by atoms with Gasteiger partial charge in [-0.15, -0.1) is 11.3 Å². The van der Waals surface area contributed by atoms with Crippen molar-refractivity contribution in [3.63, 3.8) is 0 Å². The SMILES string of the molecule is CN(C)CCCSc1nc2sc3c(c2c(=O)n1-c1cccc(Cl)c1)CCN(C)C3. The Morgan fingerprint density at radius 2 is 2.17 bits per heavy atom. The van der Waals surface area contributed by atoms with Crippen LogP contribution in [0.2, 0.25) is 5.02 Å². The number of fused-ring (bicyclic) bond motifs is 3. The Morgan fingerprint density at radius 1 is 1.34 bits per heavy atom. The van der Waals surface area contributed by atoms with Crippen LogP contribution in [0.5, 0.6) is 0 Å². The highest BCUT2D eigenvalue weighted by atomic mass is 35.5. The molecule has 1 aliphatic rings. The molecule has 0 unspecified atom stereocenters. The molecule has 0 saturated carbocycles. The van der Waals surface area contributed by atoms with Crippen molar-refractivity contribution in [2.75, 3.05) is 40.0 Å². The van der Waals surface area contributed by atoms with Crippen molar-refractivity contribution in [1.29, 1.82) is 0 Å². The topological polar surface area (TPSA) is 41.4 Å². The molecule has 0 saturated heterocycles. The first-order valence-corrected chi connectivity index (χ1v) is 11.9. The summed E-state index contributed by atoms with van der Waals surface area (Å²) in [5.74, 6) is 0.907. The Morgan fingerprint density at radius 3 is 2.93 bits per heavy atom. The lowest BCUT2D eigenvalue weighted by Gasteiger charge is -2.21. The molecule has 0 radical (unpaired) electrons. The van der Waals surface area contributed by atoms with E-state index in [1.54, 1.807) is 27.7 Å². The van der Waals surface area contributed by atoms with E-state index in [4.69, 9.17) is 16.6 Å². The van der Waals surface area contributed by atoms with Crippen LogP contribution in [0, 0.1) is 0 Å². The second-order valence-corrected chi connectivity index (χ2v) is 10.3. The largest absolute Gasteiger partial charge is 0.309 e. The summed E-state index contributed by atoms with van der Waals surface area (Å²) in [5, 5.41) is 2.15. The number of nitrogens with zero attached hydrogens (tertiary/aromatic N) is 4. The van der Waals surface area contributed by atoms with Crippen molar-refractivity contribution in [3.05, 3.63) is 50.1 Å². The van der Waals surface area contributed by atoms with E-state index in [2.05, 4.69) is 30.9 Å². The Labute approximate surface area is 184 Å². The predicted octanol–water partition coefficient (Wildman–Crippen LogP) is 4.13. The van der Waals surface area contributed by atoms with E-state index in [0.717, 1.165) is 59.3 Å². The second-order valence-electron chi connectivity index (χ2n) is 7.69. The fraction of sp³-hybridized carbons (Fsp3) is 0.429. The van der Waals surface area contributed by atoms with Crippen molar-refractivity contribution in [2.24, 2.45) is 0 Å². The summed E-state index contributed by atoms with van der Waals surface area (Å²) in [6, 6.07) is 7.48. The highest BCUT2D eigenvalue weighted by Gasteiger charge is 2.24. The minimum Gasteiger partial charge on any atom is -0.309 e. The molecule has 0 aliphatic carbocycles. The van der Waals surface area contributed by atoms with Gasteiger partial charge < -0.3 is 9.80 Å². The van der Waals surface area contributed by atoms with E-state index < -0.39 is 0 Å². The van der Waals surface area contributed by atoms with Gasteiger partial charge in [0.05, 0.1) is 11.1 Å². The summed E-state index contributed by atoms with van der Waals surface area (Å²) in [6.45, 7) is 2.87.